The van der Waals surface area contributed by atoms with Crippen LogP contribution in [0, 0.1) is 10.1 Å². The summed E-state index contributed by atoms with van der Waals surface area (Å²) in [4.78, 5) is 25.8. The molecule has 0 fully saturated rings. The lowest BCUT2D eigenvalue weighted by Crippen LogP contribution is -2.19. The summed E-state index contributed by atoms with van der Waals surface area (Å²) in [6, 6.07) is 5.30. The fourth-order valence-corrected chi connectivity index (χ4v) is 1.70. The van der Waals surface area contributed by atoms with Crippen molar-refractivity contribution in [3.8, 4) is 11.4 Å². The molecule has 0 saturated carbocycles. The van der Waals surface area contributed by atoms with Gasteiger partial charge in [0.05, 0.1) is 11.5 Å². The van der Waals surface area contributed by atoms with Crippen molar-refractivity contribution in [1.29, 1.82) is 0 Å². The molecular formula is C13H14N4O4. The van der Waals surface area contributed by atoms with Crippen LogP contribution in [0.3, 0.4) is 0 Å². The lowest BCUT2D eigenvalue weighted by Gasteiger charge is -2.09. The molecule has 8 heteroatoms. The minimum Gasteiger partial charge on any atom is -0.464 e. The van der Waals surface area contributed by atoms with Gasteiger partial charge in [0.1, 0.15) is 12.4 Å². The van der Waals surface area contributed by atoms with E-state index in [4.69, 9.17) is 4.74 Å². The first-order chi connectivity index (χ1) is 10.0. The number of nitro groups is 1. The number of nitrogens with zero attached hydrogens (tertiary/aromatic N) is 4. The number of aromatic nitrogens is 3. The van der Waals surface area contributed by atoms with Gasteiger partial charge in [-0.15, -0.1) is 0 Å². The molecule has 1 heterocycles. The summed E-state index contributed by atoms with van der Waals surface area (Å²) in [5.74, 6) is -0.00121. The third-order valence-electron chi connectivity index (χ3n) is 2.87. The second kappa shape index (κ2) is 6.12. The van der Waals surface area contributed by atoms with Crippen LogP contribution in [-0.2, 0) is 9.53 Å². The maximum absolute atomic E-state index is 11.6. The number of ether oxygens (including phenoxy) is 1. The summed E-state index contributed by atoms with van der Waals surface area (Å²) in [7, 11) is 0. The van der Waals surface area contributed by atoms with E-state index in [2.05, 4.69) is 10.1 Å². The first kappa shape index (κ1) is 14.6. The molecule has 0 aliphatic rings. The van der Waals surface area contributed by atoms with Crippen LogP contribution in [-0.4, -0.2) is 32.3 Å². The van der Waals surface area contributed by atoms with Gasteiger partial charge < -0.3 is 4.74 Å². The van der Waals surface area contributed by atoms with Gasteiger partial charge in [-0.2, -0.15) is 5.10 Å². The molecule has 8 nitrogen and oxygen atoms in total. The standard InChI is InChI=1S/C13H14N4O4/c1-3-21-13(18)9(2)16-8-14-12(15-16)10-4-6-11(7-5-10)17(19)20/h4-9H,3H2,1-2H3. The number of esters is 1. The number of rotatable bonds is 5. The van der Waals surface area contributed by atoms with E-state index >= 15 is 0 Å². The van der Waals surface area contributed by atoms with Crippen LogP contribution in [0.4, 0.5) is 5.69 Å². The highest BCUT2D eigenvalue weighted by atomic mass is 16.6. The van der Waals surface area contributed by atoms with Gasteiger partial charge in [-0.1, -0.05) is 0 Å². The molecule has 2 aromatic rings. The zero-order chi connectivity index (χ0) is 15.4. The highest BCUT2D eigenvalue weighted by Crippen LogP contribution is 2.19. The third-order valence-corrected chi connectivity index (χ3v) is 2.87. The molecule has 0 bridgehead atoms. The Morgan fingerprint density at radius 3 is 2.67 bits per heavy atom. The van der Waals surface area contributed by atoms with Gasteiger partial charge in [-0.3, -0.25) is 10.1 Å². The molecule has 0 N–H and O–H groups in total. The van der Waals surface area contributed by atoms with Crippen LogP contribution in [0.2, 0.25) is 0 Å². The van der Waals surface area contributed by atoms with Crippen molar-refractivity contribution in [2.45, 2.75) is 19.9 Å². The molecule has 2 rings (SSSR count). The normalized spacial score (nSPS) is 11.9. The van der Waals surface area contributed by atoms with Gasteiger partial charge >= 0.3 is 5.97 Å². The molecule has 0 amide bonds. The van der Waals surface area contributed by atoms with Gasteiger partial charge in [0, 0.05) is 17.7 Å². The molecular weight excluding hydrogens is 276 g/mol. The minimum absolute atomic E-state index is 0.00178. The van der Waals surface area contributed by atoms with Crippen molar-refractivity contribution in [3.05, 3.63) is 40.7 Å². The van der Waals surface area contributed by atoms with Crippen LogP contribution >= 0.6 is 0 Å². The molecule has 21 heavy (non-hydrogen) atoms. The first-order valence-corrected chi connectivity index (χ1v) is 6.35. The van der Waals surface area contributed by atoms with Crippen molar-refractivity contribution >= 4 is 11.7 Å². The SMILES string of the molecule is CCOC(=O)C(C)n1cnc(-c2ccc([N+](=O)[O-])cc2)n1. The Morgan fingerprint density at radius 1 is 1.43 bits per heavy atom. The Hall–Kier alpha value is -2.77. The summed E-state index contributed by atoms with van der Waals surface area (Å²) in [5, 5.41) is 14.8. The number of hydrogen-bond acceptors (Lipinski definition) is 6. The molecule has 0 aliphatic heterocycles. The molecule has 1 aromatic heterocycles. The quantitative estimate of drug-likeness (QED) is 0.474. The lowest BCUT2D eigenvalue weighted by molar-refractivity contribution is -0.384. The second-order valence-electron chi connectivity index (χ2n) is 4.28. The van der Waals surface area contributed by atoms with E-state index in [1.165, 1.54) is 23.1 Å². The van der Waals surface area contributed by atoms with Crippen molar-refractivity contribution in [3.63, 3.8) is 0 Å². The van der Waals surface area contributed by atoms with Crippen LogP contribution in [0.15, 0.2) is 30.6 Å². The van der Waals surface area contributed by atoms with E-state index in [0.717, 1.165) is 0 Å². The molecule has 0 radical (unpaired) electrons. The zero-order valence-electron chi connectivity index (χ0n) is 11.6. The first-order valence-electron chi connectivity index (χ1n) is 6.35. The van der Waals surface area contributed by atoms with Gasteiger partial charge in [-0.25, -0.2) is 14.5 Å². The van der Waals surface area contributed by atoms with E-state index in [0.29, 0.717) is 18.0 Å². The molecule has 1 unspecified atom stereocenters. The van der Waals surface area contributed by atoms with Crippen molar-refractivity contribution < 1.29 is 14.5 Å². The van der Waals surface area contributed by atoms with Crippen LogP contribution in [0.25, 0.3) is 11.4 Å². The molecule has 0 spiro atoms. The maximum Gasteiger partial charge on any atom is 0.330 e. The van der Waals surface area contributed by atoms with Gasteiger partial charge in [0.25, 0.3) is 5.69 Å². The largest absolute Gasteiger partial charge is 0.464 e. The van der Waals surface area contributed by atoms with Gasteiger partial charge in [0.2, 0.25) is 0 Å². The zero-order valence-corrected chi connectivity index (χ0v) is 11.6. The van der Waals surface area contributed by atoms with E-state index in [-0.39, 0.29) is 5.69 Å². The Kier molecular flexibility index (Phi) is 4.27. The summed E-state index contributed by atoms with van der Waals surface area (Å²) in [5.41, 5.74) is 0.633. The Balaban J connectivity index is 2.19. The molecule has 1 aromatic carbocycles. The number of nitro benzene ring substituents is 1. The predicted molar refractivity (Wildman–Crippen MR) is 73.5 cm³/mol. The second-order valence-corrected chi connectivity index (χ2v) is 4.28. The Bertz CT molecular complexity index is 650. The smallest absolute Gasteiger partial charge is 0.330 e. The fourth-order valence-electron chi connectivity index (χ4n) is 1.70. The molecule has 0 saturated heterocycles. The van der Waals surface area contributed by atoms with Gasteiger partial charge in [0.15, 0.2) is 5.82 Å². The minimum atomic E-state index is -0.579. The number of non-ortho nitro benzene ring substituents is 1. The topological polar surface area (TPSA) is 100 Å². The number of carbonyl (C=O) groups is 1. The van der Waals surface area contributed by atoms with E-state index in [1.54, 1.807) is 26.0 Å². The summed E-state index contributed by atoms with van der Waals surface area (Å²) in [6.07, 6.45) is 1.43. The number of carbonyl (C=O) groups excluding carboxylic acids is 1. The summed E-state index contributed by atoms with van der Waals surface area (Å²) < 4.78 is 6.31. The maximum atomic E-state index is 11.6. The lowest BCUT2D eigenvalue weighted by atomic mass is 10.2. The summed E-state index contributed by atoms with van der Waals surface area (Å²) in [6.45, 7) is 3.69. The van der Waals surface area contributed by atoms with Crippen molar-refractivity contribution in [1.82, 2.24) is 14.8 Å². The van der Waals surface area contributed by atoms with Gasteiger partial charge in [-0.05, 0) is 26.0 Å². The molecule has 0 aliphatic carbocycles. The average Bonchev–Trinajstić information content (AvgIpc) is 2.96. The highest BCUT2D eigenvalue weighted by Gasteiger charge is 2.18. The molecule has 1 atom stereocenters. The molecule has 110 valence electrons. The van der Waals surface area contributed by atoms with Crippen LogP contribution < -0.4 is 0 Å². The van der Waals surface area contributed by atoms with Crippen LogP contribution in [0.5, 0.6) is 0 Å². The third kappa shape index (κ3) is 3.22. The van der Waals surface area contributed by atoms with E-state index < -0.39 is 16.9 Å². The predicted octanol–water partition coefficient (Wildman–Crippen LogP) is 1.98. The number of benzene rings is 1. The van der Waals surface area contributed by atoms with Crippen molar-refractivity contribution in [2.24, 2.45) is 0 Å². The van der Waals surface area contributed by atoms with Crippen molar-refractivity contribution in [2.75, 3.05) is 6.61 Å². The Morgan fingerprint density at radius 2 is 2.10 bits per heavy atom. The highest BCUT2D eigenvalue weighted by molar-refractivity contribution is 5.73. The monoisotopic (exact) mass is 290 g/mol. The Labute approximate surface area is 120 Å². The summed E-state index contributed by atoms with van der Waals surface area (Å²) >= 11 is 0. The van der Waals surface area contributed by atoms with Crippen LogP contribution in [0.1, 0.15) is 19.9 Å². The number of hydrogen-bond donors (Lipinski definition) is 0. The fraction of sp³-hybridized carbons (Fsp3) is 0.308. The van der Waals surface area contributed by atoms with E-state index in [9.17, 15) is 14.9 Å². The van der Waals surface area contributed by atoms with E-state index in [1.807, 2.05) is 0 Å². The average molecular weight is 290 g/mol.